The average Bonchev–Trinajstić information content (AvgIpc) is 2.96. The van der Waals surface area contributed by atoms with Crippen LogP contribution < -0.4 is 5.32 Å². The van der Waals surface area contributed by atoms with Crippen molar-refractivity contribution >= 4 is 29.0 Å². The molecule has 2 N–H and O–H groups in total. The second kappa shape index (κ2) is 5.42. The molecular weight excluding hydrogens is 254 g/mol. The first-order valence-electron chi connectivity index (χ1n) is 5.74. The number of carbonyl (C=O) groups is 1. The molecule has 0 spiro atoms. The summed E-state index contributed by atoms with van der Waals surface area (Å²) in [6.07, 6.45) is 1.43. The molecule has 1 aliphatic rings. The second-order valence-corrected chi connectivity index (χ2v) is 6.84. The van der Waals surface area contributed by atoms with Crippen molar-refractivity contribution in [3.05, 3.63) is 22.4 Å². The summed E-state index contributed by atoms with van der Waals surface area (Å²) >= 11 is 3.26. The second-order valence-electron chi connectivity index (χ2n) is 4.47. The summed E-state index contributed by atoms with van der Waals surface area (Å²) in [5.74, 6) is 1.10. The first-order valence-corrected chi connectivity index (χ1v) is 7.67. The van der Waals surface area contributed by atoms with Gasteiger partial charge in [0.05, 0.1) is 10.9 Å². The van der Waals surface area contributed by atoms with Crippen LogP contribution in [0.25, 0.3) is 0 Å². The Morgan fingerprint density at radius 2 is 2.53 bits per heavy atom. The minimum atomic E-state index is -0.597. The molecule has 3 nitrogen and oxygen atoms in total. The van der Waals surface area contributed by atoms with Crippen LogP contribution >= 0.6 is 23.1 Å². The van der Waals surface area contributed by atoms with Crippen LogP contribution in [0.5, 0.6) is 0 Å². The quantitative estimate of drug-likeness (QED) is 0.882. The fourth-order valence-corrected chi connectivity index (χ4v) is 3.86. The Kier molecular flexibility index (Phi) is 4.12. The molecule has 2 unspecified atom stereocenters. The number of thioether (sulfide) groups is 1. The minimum Gasteiger partial charge on any atom is -0.387 e. The van der Waals surface area contributed by atoms with Crippen molar-refractivity contribution < 1.29 is 9.90 Å². The van der Waals surface area contributed by atoms with Crippen LogP contribution in [0.3, 0.4) is 0 Å². The molecule has 0 aliphatic carbocycles. The van der Waals surface area contributed by atoms with E-state index in [2.05, 4.69) is 5.32 Å². The number of aliphatic hydroxyl groups excluding tert-OH is 1. The van der Waals surface area contributed by atoms with Crippen LogP contribution in [-0.4, -0.2) is 28.1 Å². The Hall–Kier alpha value is -0.520. The Balaban J connectivity index is 1.84. The van der Waals surface area contributed by atoms with Crippen molar-refractivity contribution in [2.45, 2.75) is 30.6 Å². The molecule has 2 atom stereocenters. The molecule has 5 heteroatoms. The standard InChI is InChI=1S/C12H17NO2S2/c1-12(4-2-5-17-12)11(15)13-7-10(14)9-3-6-16-8-9/h3,6,8,10,14H,2,4-5,7H2,1H3,(H,13,15). The van der Waals surface area contributed by atoms with Crippen LogP contribution in [0.4, 0.5) is 0 Å². The van der Waals surface area contributed by atoms with Crippen LogP contribution in [0, 0.1) is 0 Å². The van der Waals surface area contributed by atoms with Gasteiger partial charge in [-0.25, -0.2) is 0 Å². The third kappa shape index (κ3) is 3.03. The van der Waals surface area contributed by atoms with E-state index in [1.807, 2.05) is 23.8 Å². The molecule has 0 aromatic carbocycles. The van der Waals surface area contributed by atoms with Gasteiger partial charge in [0.1, 0.15) is 0 Å². The van der Waals surface area contributed by atoms with Gasteiger partial charge in [0.25, 0.3) is 0 Å². The molecule has 0 bridgehead atoms. The van der Waals surface area contributed by atoms with Crippen LogP contribution in [0.1, 0.15) is 31.4 Å². The summed E-state index contributed by atoms with van der Waals surface area (Å²) < 4.78 is -0.297. The molecule has 2 heterocycles. The molecule has 1 saturated heterocycles. The maximum absolute atomic E-state index is 12.0. The fraction of sp³-hybridized carbons (Fsp3) is 0.583. The van der Waals surface area contributed by atoms with Gasteiger partial charge in [-0.1, -0.05) is 0 Å². The summed E-state index contributed by atoms with van der Waals surface area (Å²) in [6, 6.07) is 1.88. The van der Waals surface area contributed by atoms with Crippen molar-refractivity contribution in [2.75, 3.05) is 12.3 Å². The van der Waals surface area contributed by atoms with Gasteiger partial charge in [0.2, 0.25) is 5.91 Å². The number of aliphatic hydroxyl groups is 1. The summed E-state index contributed by atoms with van der Waals surface area (Å²) in [5.41, 5.74) is 0.875. The van der Waals surface area contributed by atoms with E-state index >= 15 is 0 Å². The lowest BCUT2D eigenvalue weighted by atomic mass is 10.0. The molecule has 1 aliphatic heterocycles. The summed E-state index contributed by atoms with van der Waals surface area (Å²) in [6.45, 7) is 2.28. The maximum atomic E-state index is 12.0. The van der Waals surface area contributed by atoms with Gasteiger partial charge in [-0.15, -0.1) is 11.8 Å². The number of thiophene rings is 1. The van der Waals surface area contributed by atoms with E-state index in [1.165, 1.54) is 0 Å². The molecule has 94 valence electrons. The van der Waals surface area contributed by atoms with Gasteiger partial charge in [0, 0.05) is 6.54 Å². The van der Waals surface area contributed by atoms with Crippen molar-refractivity contribution in [3.63, 3.8) is 0 Å². The smallest absolute Gasteiger partial charge is 0.236 e. The van der Waals surface area contributed by atoms with Crippen molar-refractivity contribution in [2.24, 2.45) is 0 Å². The predicted octanol–water partition coefficient (Wildman–Crippen LogP) is 2.18. The Labute approximate surface area is 110 Å². The largest absolute Gasteiger partial charge is 0.387 e. The van der Waals surface area contributed by atoms with Gasteiger partial charge in [-0.3, -0.25) is 4.79 Å². The summed E-state index contributed by atoms with van der Waals surface area (Å²) in [7, 11) is 0. The van der Waals surface area contributed by atoms with Gasteiger partial charge in [-0.2, -0.15) is 11.3 Å². The molecule has 1 amide bonds. The summed E-state index contributed by atoms with van der Waals surface area (Å²) in [4.78, 5) is 12.0. The highest BCUT2D eigenvalue weighted by atomic mass is 32.2. The highest BCUT2D eigenvalue weighted by Crippen LogP contribution is 2.37. The topological polar surface area (TPSA) is 49.3 Å². The van der Waals surface area contributed by atoms with E-state index in [1.54, 1.807) is 23.1 Å². The van der Waals surface area contributed by atoms with Crippen molar-refractivity contribution in [1.82, 2.24) is 5.32 Å². The van der Waals surface area contributed by atoms with E-state index < -0.39 is 6.10 Å². The zero-order chi connectivity index (χ0) is 12.3. The first-order chi connectivity index (χ1) is 8.12. The lowest BCUT2D eigenvalue weighted by molar-refractivity contribution is -0.123. The molecule has 1 aromatic rings. The molecule has 1 aromatic heterocycles. The monoisotopic (exact) mass is 271 g/mol. The predicted molar refractivity (Wildman–Crippen MR) is 72.4 cm³/mol. The molecule has 0 saturated carbocycles. The lowest BCUT2D eigenvalue weighted by Gasteiger charge is -2.22. The molecule has 0 radical (unpaired) electrons. The minimum absolute atomic E-state index is 0.0503. The molecule has 17 heavy (non-hydrogen) atoms. The van der Waals surface area contributed by atoms with E-state index in [4.69, 9.17) is 0 Å². The molecule has 1 fully saturated rings. The fourth-order valence-electron chi connectivity index (χ4n) is 1.92. The number of amides is 1. The number of rotatable bonds is 4. The Morgan fingerprint density at radius 3 is 3.12 bits per heavy atom. The summed E-state index contributed by atoms with van der Waals surface area (Å²) in [5, 5.41) is 16.5. The van der Waals surface area contributed by atoms with E-state index in [9.17, 15) is 9.90 Å². The van der Waals surface area contributed by atoms with Crippen LogP contribution in [-0.2, 0) is 4.79 Å². The Morgan fingerprint density at radius 1 is 1.71 bits per heavy atom. The van der Waals surface area contributed by atoms with Gasteiger partial charge in [0.15, 0.2) is 0 Å². The van der Waals surface area contributed by atoms with Gasteiger partial charge < -0.3 is 10.4 Å². The van der Waals surface area contributed by atoms with Gasteiger partial charge in [-0.05, 0) is 47.9 Å². The number of hydrogen-bond acceptors (Lipinski definition) is 4. The van der Waals surface area contributed by atoms with E-state index in [0.29, 0.717) is 6.54 Å². The number of carbonyl (C=O) groups excluding carboxylic acids is 1. The first kappa shape index (κ1) is 12.9. The van der Waals surface area contributed by atoms with E-state index in [-0.39, 0.29) is 10.7 Å². The molecular formula is C12H17NO2S2. The third-order valence-corrected chi connectivity index (χ3v) is 5.30. The van der Waals surface area contributed by atoms with E-state index in [0.717, 1.165) is 24.2 Å². The third-order valence-electron chi connectivity index (χ3n) is 3.08. The highest BCUT2D eigenvalue weighted by Gasteiger charge is 2.37. The van der Waals surface area contributed by atoms with Crippen molar-refractivity contribution in [1.29, 1.82) is 0 Å². The Bertz CT molecular complexity index is 372. The zero-order valence-corrected chi connectivity index (χ0v) is 11.4. The number of nitrogens with one attached hydrogen (secondary N) is 1. The van der Waals surface area contributed by atoms with Crippen LogP contribution in [0.2, 0.25) is 0 Å². The SMILES string of the molecule is CC1(C(=O)NCC(O)c2ccsc2)CCCS1. The lowest BCUT2D eigenvalue weighted by Crippen LogP contribution is -2.41. The van der Waals surface area contributed by atoms with Crippen LogP contribution in [0.15, 0.2) is 16.8 Å². The van der Waals surface area contributed by atoms with Gasteiger partial charge >= 0.3 is 0 Å². The zero-order valence-electron chi connectivity index (χ0n) is 9.81. The average molecular weight is 271 g/mol. The molecule has 2 rings (SSSR count). The maximum Gasteiger partial charge on any atom is 0.236 e. The normalized spacial score (nSPS) is 25.8. The van der Waals surface area contributed by atoms with Crippen molar-refractivity contribution in [3.8, 4) is 0 Å². The highest BCUT2D eigenvalue weighted by molar-refractivity contribution is 8.01. The number of hydrogen-bond donors (Lipinski definition) is 2.